The van der Waals surface area contributed by atoms with E-state index in [0.717, 1.165) is 23.7 Å². The molecule has 88 valence electrons. The van der Waals surface area contributed by atoms with Gasteiger partial charge in [-0.05, 0) is 37.8 Å². The van der Waals surface area contributed by atoms with Gasteiger partial charge in [-0.2, -0.15) is 0 Å². The molecule has 1 aromatic carbocycles. The molecule has 0 amide bonds. The van der Waals surface area contributed by atoms with Crippen molar-refractivity contribution in [2.75, 3.05) is 13.7 Å². The van der Waals surface area contributed by atoms with Crippen LogP contribution in [0, 0.1) is 5.92 Å². The van der Waals surface area contributed by atoms with Gasteiger partial charge >= 0.3 is 0 Å². The van der Waals surface area contributed by atoms with Crippen LogP contribution in [0.25, 0.3) is 0 Å². The van der Waals surface area contributed by atoms with Crippen LogP contribution in [0.4, 0.5) is 0 Å². The Labute approximate surface area is 96.0 Å². The van der Waals surface area contributed by atoms with Crippen molar-refractivity contribution in [1.29, 1.82) is 0 Å². The van der Waals surface area contributed by atoms with Gasteiger partial charge in [0.15, 0.2) is 0 Å². The molecule has 0 aliphatic heterocycles. The summed E-state index contributed by atoms with van der Waals surface area (Å²) in [5, 5.41) is 9.63. The second-order valence-corrected chi connectivity index (χ2v) is 4.33. The Morgan fingerprint density at radius 2 is 2.19 bits per heavy atom. The van der Waals surface area contributed by atoms with Crippen molar-refractivity contribution in [3.8, 4) is 11.5 Å². The number of hydrogen-bond acceptors (Lipinski definition) is 3. The van der Waals surface area contributed by atoms with Crippen LogP contribution < -0.4 is 9.47 Å². The third-order valence-electron chi connectivity index (χ3n) is 2.84. The standard InChI is InChI=1S/C13H18O3/c1-9(14)12-6-5-11(15-2)7-13(12)16-8-10-3-4-10/h5-7,9-10,14H,3-4,8H2,1-2H3/t9-/m0/s1. The summed E-state index contributed by atoms with van der Waals surface area (Å²) in [5.74, 6) is 2.20. The summed E-state index contributed by atoms with van der Waals surface area (Å²) in [5.41, 5.74) is 0.821. The van der Waals surface area contributed by atoms with Crippen LogP contribution in [-0.4, -0.2) is 18.8 Å². The molecule has 0 heterocycles. The molecule has 1 saturated carbocycles. The van der Waals surface area contributed by atoms with E-state index < -0.39 is 6.10 Å². The first-order chi connectivity index (χ1) is 7.70. The summed E-state index contributed by atoms with van der Waals surface area (Å²) in [6, 6.07) is 5.53. The van der Waals surface area contributed by atoms with E-state index in [1.165, 1.54) is 12.8 Å². The molecular weight excluding hydrogens is 204 g/mol. The van der Waals surface area contributed by atoms with Crippen molar-refractivity contribution >= 4 is 0 Å². The third kappa shape index (κ3) is 2.67. The number of aliphatic hydroxyl groups is 1. The maximum Gasteiger partial charge on any atom is 0.128 e. The summed E-state index contributed by atoms with van der Waals surface area (Å²) < 4.78 is 10.9. The van der Waals surface area contributed by atoms with Crippen molar-refractivity contribution in [2.45, 2.75) is 25.9 Å². The molecule has 0 aromatic heterocycles. The van der Waals surface area contributed by atoms with E-state index in [1.807, 2.05) is 18.2 Å². The lowest BCUT2D eigenvalue weighted by atomic mass is 10.1. The summed E-state index contributed by atoms with van der Waals surface area (Å²) >= 11 is 0. The molecule has 0 bridgehead atoms. The van der Waals surface area contributed by atoms with Crippen molar-refractivity contribution in [1.82, 2.24) is 0 Å². The van der Waals surface area contributed by atoms with E-state index in [9.17, 15) is 5.11 Å². The van der Waals surface area contributed by atoms with Gasteiger partial charge in [0.05, 0.1) is 19.8 Å². The topological polar surface area (TPSA) is 38.7 Å². The molecule has 1 atom stereocenters. The van der Waals surface area contributed by atoms with Gasteiger partial charge in [-0.25, -0.2) is 0 Å². The predicted molar refractivity (Wildman–Crippen MR) is 61.8 cm³/mol. The van der Waals surface area contributed by atoms with Crippen molar-refractivity contribution in [3.63, 3.8) is 0 Å². The summed E-state index contributed by atoms with van der Waals surface area (Å²) in [6.07, 6.45) is 2.00. The zero-order valence-electron chi connectivity index (χ0n) is 9.77. The largest absolute Gasteiger partial charge is 0.497 e. The molecule has 2 rings (SSSR count). The highest BCUT2D eigenvalue weighted by Gasteiger charge is 2.22. The van der Waals surface area contributed by atoms with E-state index in [2.05, 4.69) is 0 Å². The van der Waals surface area contributed by atoms with Crippen molar-refractivity contribution in [2.24, 2.45) is 5.92 Å². The summed E-state index contributed by atoms with van der Waals surface area (Å²) in [7, 11) is 1.63. The quantitative estimate of drug-likeness (QED) is 0.832. The molecule has 1 aliphatic rings. The SMILES string of the molecule is COc1ccc([C@H](C)O)c(OCC2CC2)c1. The Hall–Kier alpha value is -1.22. The highest BCUT2D eigenvalue weighted by atomic mass is 16.5. The third-order valence-corrected chi connectivity index (χ3v) is 2.84. The van der Waals surface area contributed by atoms with Crippen LogP contribution in [-0.2, 0) is 0 Å². The van der Waals surface area contributed by atoms with E-state index in [1.54, 1.807) is 14.0 Å². The fraction of sp³-hybridized carbons (Fsp3) is 0.538. The zero-order valence-corrected chi connectivity index (χ0v) is 9.77. The van der Waals surface area contributed by atoms with Crippen molar-refractivity contribution in [3.05, 3.63) is 23.8 Å². The number of methoxy groups -OCH3 is 1. The maximum absolute atomic E-state index is 9.63. The number of rotatable bonds is 5. The molecular formula is C13H18O3. The van der Waals surface area contributed by atoms with Crippen LogP contribution in [0.5, 0.6) is 11.5 Å². The van der Waals surface area contributed by atoms with Crippen LogP contribution in [0.1, 0.15) is 31.4 Å². The monoisotopic (exact) mass is 222 g/mol. The molecule has 1 fully saturated rings. The lowest BCUT2D eigenvalue weighted by molar-refractivity contribution is 0.190. The molecule has 0 saturated heterocycles. The van der Waals surface area contributed by atoms with Gasteiger partial charge in [-0.3, -0.25) is 0 Å². The van der Waals surface area contributed by atoms with Crippen LogP contribution in [0.15, 0.2) is 18.2 Å². The van der Waals surface area contributed by atoms with Crippen molar-refractivity contribution < 1.29 is 14.6 Å². The van der Waals surface area contributed by atoms with Gasteiger partial charge in [0.2, 0.25) is 0 Å². The van der Waals surface area contributed by atoms with Gasteiger partial charge in [0.25, 0.3) is 0 Å². The Morgan fingerprint density at radius 1 is 1.44 bits per heavy atom. The molecule has 1 N–H and O–H groups in total. The lowest BCUT2D eigenvalue weighted by Gasteiger charge is -2.14. The maximum atomic E-state index is 9.63. The van der Waals surface area contributed by atoms with Crippen LogP contribution in [0.3, 0.4) is 0 Å². The smallest absolute Gasteiger partial charge is 0.128 e. The molecule has 0 spiro atoms. The Bertz CT molecular complexity index is 356. The lowest BCUT2D eigenvalue weighted by Crippen LogP contribution is -2.04. The fourth-order valence-electron chi connectivity index (χ4n) is 1.60. The first-order valence-electron chi connectivity index (χ1n) is 5.69. The normalized spacial score (nSPS) is 16.9. The molecule has 3 nitrogen and oxygen atoms in total. The van der Waals surface area contributed by atoms with Crippen LogP contribution >= 0.6 is 0 Å². The van der Waals surface area contributed by atoms with Crippen LogP contribution in [0.2, 0.25) is 0 Å². The molecule has 1 aliphatic carbocycles. The minimum Gasteiger partial charge on any atom is -0.497 e. The highest BCUT2D eigenvalue weighted by Crippen LogP contribution is 2.33. The Morgan fingerprint density at radius 3 is 2.75 bits per heavy atom. The number of hydrogen-bond donors (Lipinski definition) is 1. The second-order valence-electron chi connectivity index (χ2n) is 4.33. The fourth-order valence-corrected chi connectivity index (χ4v) is 1.60. The van der Waals surface area contributed by atoms with Gasteiger partial charge < -0.3 is 14.6 Å². The molecule has 16 heavy (non-hydrogen) atoms. The summed E-state index contributed by atoms with van der Waals surface area (Å²) in [6.45, 7) is 2.48. The number of aliphatic hydroxyl groups excluding tert-OH is 1. The average molecular weight is 222 g/mol. The summed E-state index contributed by atoms with van der Waals surface area (Å²) in [4.78, 5) is 0. The van der Waals surface area contributed by atoms with E-state index in [0.29, 0.717) is 5.92 Å². The highest BCUT2D eigenvalue weighted by molar-refractivity contribution is 5.41. The minimum atomic E-state index is -0.514. The van der Waals surface area contributed by atoms with Gasteiger partial charge in [0.1, 0.15) is 11.5 Å². The average Bonchev–Trinajstić information content (AvgIpc) is 3.09. The number of benzene rings is 1. The number of ether oxygens (including phenoxy) is 2. The van der Waals surface area contributed by atoms with Gasteiger partial charge in [-0.15, -0.1) is 0 Å². The minimum absolute atomic E-state index is 0.514. The Balaban J connectivity index is 2.14. The first-order valence-corrected chi connectivity index (χ1v) is 5.69. The van der Waals surface area contributed by atoms with E-state index in [-0.39, 0.29) is 0 Å². The molecule has 1 aromatic rings. The van der Waals surface area contributed by atoms with E-state index in [4.69, 9.17) is 9.47 Å². The predicted octanol–water partition coefficient (Wildman–Crippen LogP) is 2.54. The van der Waals surface area contributed by atoms with Gasteiger partial charge in [-0.1, -0.05) is 0 Å². The zero-order chi connectivity index (χ0) is 11.5. The van der Waals surface area contributed by atoms with Gasteiger partial charge in [0, 0.05) is 11.6 Å². The molecule has 0 unspecified atom stereocenters. The second kappa shape index (κ2) is 4.74. The first kappa shape index (κ1) is 11.3. The van der Waals surface area contributed by atoms with E-state index >= 15 is 0 Å². The molecule has 3 heteroatoms. The Kier molecular flexibility index (Phi) is 3.34. The molecule has 0 radical (unpaired) electrons.